The van der Waals surface area contributed by atoms with Gasteiger partial charge in [0.1, 0.15) is 4.88 Å². The Labute approximate surface area is 219 Å². The van der Waals surface area contributed by atoms with E-state index in [0.717, 1.165) is 41.1 Å². The van der Waals surface area contributed by atoms with Crippen molar-refractivity contribution in [2.45, 2.75) is 39.2 Å². The van der Waals surface area contributed by atoms with Crippen molar-refractivity contribution in [3.8, 4) is 0 Å². The van der Waals surface area contributed by atoms with Gasteiger partial charge >= 0.3 is 5.97 Å². The zero-order valence-electron chi connectivity index (χ0n) is 19.5. The molecule has 2 atom stereocenters. The number of halogens is 2. The number of allylic oxidation sites excluding steroid dienone is 1. The van der Waals surface area contributed by atoms with Crippen LogP contribution in [0.3, 0.4) is 0 Å². The lowest BCUT2D eigenvalue weighted by atomic mass is 9.77. The number of nitrogens with zero attached hydrogens (tertiary/aromatic N) is 3. The van der Waals surface area contributed by atoms with E-state index >= 15 is 0 Å². The molecule has 2 heterocycles. The highest BCUT2D eigenvalue weighted by Gasteiger charge is 2.43. The first-order valence-electron chi connectivity index (χ1n) is 11.7. The van der Waals surface area contributed by atoms with Gasteiger partial charge in [0.25, 0.3) is 0 Å². The van der Waals surface area contributed by atoms with E-state index < -0.39 is 0 Å². The smallest absolute Gasteiger partial charge is 0.350 e. The highest BCUT2D eigenvalue weighted by Crippen LogP contribution is 2.47. The second kappa shape index (κ2) is 10.1. The van der Waals surface area contributed by atoms with Gasteiger partial charge in [-0.25, -0.2) is 14.8 Å². The molecule has 0 bridgehead atoms. The van der Waals surface area contributed by atoms with Gasteiger partial charge in [-0.15, -0.1) is 0 Å². The average Bonchev–Trinajstić information content (AvgIpc) is 3.43. The van der Waals surface area contributed by atoms with E-state index in [4.69, 9.17) is 38.0 Å². The van der Waals surface area contributed by atoms with E-state index in [1.807, 2.05) is 48.3 Å². The number of esters is 1. The Morgan fingerprint density at radius 2 is 1.83 bits per heavy atom. The molecule has 1 aromatic heterocycles. The van der Waals surface area contributed by atoms with E-state index in [-0.39, 0.29) is 17.9 Å². The number of hydrogen-bond donors (Lipinski definition) is 0. The summed E-state index contributed by atoms with van der Waals surface area (Å²) in [6.07, 6.45) is 5.27. The SMILES string of the molecule is CCOC(=O)c1sc(N2N=C3/C(=C\c4ccc(Cl)cc4)CCC[C@@H]3[C@@H]2c2ccc(Cl)cc2)nc1C. The van der Waals surface area contributed by atoms with Crippen LogP contribution in [0.25, 0.3) is 6.08 Å². The molecule has 0 saturated heterocycles. The lowest BCUT2D eigenvalue weighted by Crippen LogP contribution is -2.28. The van der Waals surface area contributed by atoms with Crippen molar-refractivity contribution in [1.29, 1.82) is 0 Å². The number of ether oxygens (including phenoxy) is 1. The molecule has 3 aromatic rings. The molecule has 5 rings (SSSR count). The van der Waals surface area contributed by atoms with Gasteiger partial charge in [-0.3, -0.25) is 0 Å². The Morgan fingerprint density at radius 3 is 2.51 bits per heavy atom. The summed E-state index contributed by atoms with van der Waals surface area (Å²) >= 11 is 13.6. The minimum Gasteiger partial charge on any atom is -0.462 e. The molecule has 0 radical (unpaired) electrons. The number of rotatable bonds is 5. The Hall–Kier alpha value is -2.67. The Kier molecular flexibility index (Phi) is 6.96. The van der Waals surface area contributed by atoms with E-state index in [1.165, 1.54) is 16.9 Å². The number of carbonyl (C=O) groups is 1. The van der Waals surface area contributed by atoms with E-state index in [1.54, 1.807) is 6.92 Å². The molecule has 0 unspecified atom stereocenters. The predicted molar refractivity (Wildman–Crippen MR) is 144 cm³/mol. The third-order valence-corrected chi connectivity index (χ3v) is 8.00. The number of anilines is 1. The van der Waals surface area contributed by atoms with Gasteiger partial charge in [0.15, 0.2) is 0 Å². The molecule has 5 nitrogen and oxygen atoms in total. The number of aryl methyl sites for hydroxylation is 1. The lowest BCUT2D eigenvalue weighted by molar-refractivity contribution is 0.0531. The fourth-order valence-electron chi connectivity index (χ4n) is 4.78. The zero-order valence-corrected chi connectivity index (χ0v) is 21.8. The van der Waals surface area contributed by atoms with Gasteiger partial charge < -0.3 is 4.74 Å². The summed E-state index contributed by atoms with van der Waals surface area (Å²) < 4.78 is 5.24. The lowest BCUT2D eigenvalue weighted by Gasteiger charge is -2.29. The summed E-state index contributed by atoms with van der Waals surface area (Å²) in [5, 5.41) is 9.23. The first-order valence-corrected chi connectivity index (χ1v) is 13.3. The molecule has 1 aliphatic carbocycles. The van der Waals surface area contributed by atoms with Crippen LogP contribution in [0.15, 0.2) is 59.2 Å². The van der Waals surface area contributed by atoms with E-state index in [9.17, 15) is 4.79 Å². The summed E-state index contributed by atoms with van der Waals surface area (Å²) in [6, 6.07) is 15.8. The Balaban J connectivity index is 1.58. The Bertz CT molecular complexity index is 1300. The summed E-state index contributed by atoms with van der Waals surface area (Å²) in [7, 11) is 0. The van der Waals surface area contributed by atoms with Crippen molar-refractivity contribution < 1.29 is 9.53 Å². The molecule has 0 N–H and O–H groups in total. The van der Waals surface area contributed by atoms with Gasteiger partial charge in [-0.2, -0.15) is 5.10 Å². The zero-order chi connectivity index (χ0) is 24.5. The van der Waals surface area contributed by atoms with Gasteiger partial charge in [-0.05, 0) is 80.2 Å². The number of fused-ring (bicyclic) bond motifs is 1. The van der Waals surface area contributed by atoms with Crippen molar-refractivity contribution in [2.75, 3.05) is 11.6 Å². The van der Waals surface area contributed by atoms with Crippen LogP contribution in [-0.4, -0.2) is 23.3 Å². The number of thiazole rings is 1. The molecule has 2 aromatic carbocycles. The molecule has 0 amide bonds. The number of aromatic nitrogens is 1. The Morgan fingerprint density at radius 1 is 1.14 bits per heavy atom. The maximum absolute atomic E-state index is 12.5. The minimum atomic E-state index is -0.343. The first kappa shape index (κ1) is 24.0. The van der Waals surface area contributed by atoms with Crippen LogP contribution in [0.1, 0.15) is 58.7 Å². The van der Waals surface area contributed by atoms with Gasteiger partial charge in [0.2, 0.25) is 5.13 Å². The van der Waals surface area contributed by atoms with E-state index in [2.05, 4.69) is 18.2 Å². The first-order chi connectivity index (χ1) is 16.9. The van der Waals surface area contributed by atoms with Gasteiger partial charge in [-0.1, -0.05) is 58.8 Å². The molecule has 1 fully saturated rings. The van der Waals surface area contributed by atoms with Crippen LogP contribution in [0.4, 0.5) is 5.13 Å². The highest BCUT2D eigenvalue weighted by atomic mass is 35.5. The number of hydrogen-bond acceptors (Lipinski definition) is 6. The molecule has 35 heavy (non-hydrogen) atoms. The number of benzene rings is 2. The molecule has 180 valence electrons. The van der Waals surface area contributed by atoms with Crippen LogP contribution in [0, 0.1) is 12.8 Å². The fraction of sp³-hybridized carbons (Fsp3) is 0.296. The second-order valence-electron chi connectivity index (χ2n) is 8.68. The molecule has 0 spiro atoms. The van der Waals surface area contributed by atoms with Crippen LogP contribution in [0.5, 0.6) is 0 Å². The van der Waals surface area contributed by atoms with Crippen LogP contribution in [-0.2, 0) is 4.74 Å². The van der Waals surface area contributed by atoms with Crippen molar-refractivity contribution in [2.24, 2.45) is 11.0 Å². The summed E-state index contributed by atoms with van der Waals surface area (Å²) in [6.45, 7) is 3.97. The maximum atomic E-state index is 12.5. The van der Waals surface area contributed by atoms with Gasteiger partial charge in [0.05, 0.1) is 24.1 Å². The van der Waals surface area contributed by atoms with Crippen LogP contribution < -0.4 is 5.01 Å². The van der Waals surface area contributed by atoms with Crippen molar-refractivity contribution in [1.82, 2.24) is 4.98 Å². The summed E-state index contributed by atoms with van der Waals surface area (Å²) in [4.78, 5) is 17.7. The van der Waals surface area contributed by atoms with E-state index in [0.29, 0.717) is 27.3 Å². The van der Waals surface area contributed by atoms with Crippen molar-refractivity contribution in [3.05, 3.63) is 85.8 Å². The molecule has 2 aliphatic rings. The van der Waals surface area contributed by atoms with Crippen LogP contribution in [0.2, 0.25) is 10.0 Å². The number of hydrazone groups is 1. The molecule has 8 heteroatoms. The molecular weight excluding hydrogens is 501 g/mol. The van der Waals surface area contributed by atoms with Crippen molar-refractivity contribution >= 4 is 57.4 Å². The molecule has 1 saturated carbocycles. The molecule has 1 aliphatic heterocycles. The maximum Gasteiger partial charge on any atom is 0.350 e. The average molecular weight is 526 g/mol. The van der Waals surface area contributed by atoms with Crippen molar-refractivity contribution in [3.63, 3.8) is 0 Å². The molecular formula is C27H25Cl2N3O2S. The third kappa shape index (κ3) is 4.88. The second-order valence-corrected chi connectivity index (χ2v) is 10.5. The minimum absolute atomic E-state index is 0.0308. The van der Waals surface area contributed by atoms with Gasteiger partial charge in [0, 0.05) is 16.0 Å². The standard InChI is InChI=1S/C27H25Cl2N3O2S/c1-3-34-26(33)25-16(2)30-27(35-25)32-24(18-9-13-21(29)14-10-18)22-6-4-5-19(23(22)31-32)15-17-7-11-20(28)12-8-17/h7-15,22,24H,3-6H2,1-2H3/b19-15-/t22-,24-/m0/s1. The number of carbonyl (C=O) groups excluding carboxylic acids is 1. The van der Waals surface area contributed by atoms with Crippen LogP contribution >= 0.6 is 34.5 Å². The quantitative estimate of drug-likeness (QED) is 0.319. The third-order valence-electron chi connectivity index (χ3n) is 6.37. The summed E-state index contributed by atoms with van der Waals surface area (Å²) in [5.74, 6) is -0.136. The topological polar surface area (TPSA) is 54.8 Å². The summed E-state index contributed by atoms with van der Waals surface area (Å²) in [5.41, 5.74) is 5.19. The monoisotopic (exact) mass is 525 g/mol. The fourth-order valence-corrected chi connectivity index (χ4v) is 5.98. The highest BCUT2D eigenvalue weighted by molar-refractivity contribution is 7.17. The normalized spacial score (nSPS) is 20.6. The predicted octanol–water partition coefficient (Wildman–Crippen LogP) is 7.74. The largest absolute Gasteiger partial charge is 0.462 e.